The molecule has 2 aromatic heterocycles. The molecule has 4 rings (SSSR count). The Bertz CT molecular complexity index is 1200. The minimum atomic E-state index is -0.315. The van der Waals surface area contributed by atoms with E-state index in [9.17, 15) is 9.59 Å². The number of methoxy groups -OCH3 is 1. The van der Waals surface area contributed by atoms with E-state index in [1.54, 1.807) is 22.9 Å². The molecular weight excluding hydrogens is 499 g/mol. The minimum Gasteiger partial charge on any atom is -0.465 e. The molecule has 0 saturated carbocycles. The Morgan fingerprint density at radius 2 is 2.06 bits per heavy atom. The van der Waals surface area contributed by atoms with E-state index in [1.807, 2.05) is 22.5 Å². The first-order chi connectivity index (χ1) is 17.1. The number of thiazole rings is 1. The maximum Gasteiger partial charge on any atom is 0.348 e. The zero-order valence-corrected chi connectivity index (χ0v) is 22.0. The summed E-state index contributed by atoms with van der Waals surface area (Å²) in [5, 5.41) is 6.11. The number of rotatable bonds is 9. The van der Waals surface area contributed by atoms with Crippen molar-refractivity contribution in [1.82, 2.24) is 15.0 Å². The molecule has 0 unspecified atom stereocenters. The first kappa shape index (κ1) is 25.5. The van der Waals surface area contributed by atoms with Crippen molar-refractivity contribution in [1.29, 1.82) is 0 Å². The maximum absolute atomic E-state index is 12.6. The monoisotopic (exact) mass is 525 g/mol. The summed E-state index contributed by atoms with van der Waals surface area (Å²) in [7, 11) is 1.39. The van der Waals surface area contributed by atoms with E-state index in [1.165, 1.54) is 35.8 Å². The zero-order chi connectivity index (χ0) is 24.5. The molecule has 0 aliphatic carbocycles. The highest BCUT2D eigenvalue weighted by Gasteiger charge is 2.26. The number of benzene rings is 1. The summed E-state index contributed by atoms with van der Waals surface area (Å²) in [5.74, 6) is 6.80. The van der Waals surface area contributed by atoms with E-state index in [0.717, 1.165) is 60.7 Å². The van der Waals surface area contributed by atoms with Crippen LogP contribution in [0.5, 0.6) is 0 Å². The molecular formula is C26H27N3O3S3. The molecule has 0 atom stereocenters. The number of aromatic nitrogens is 1. The summed E-state index contributed by atoms with van der Waals surface area (Å²) in [6, 6.07) is 12.1. The first-order valence-electron chi connectivity index (χ1n) is 11.5. The molecule has 1 fully saturated rings. The lowest BCUT2D eigenvalue weighted by Gasteiger charge is -2.38. The second-order valence-electron chi connectivity index (χ2n) is 7.98. The quantitative estimate of drug-likeness (QED) is 0.213. The van der Waals surface area contributed by atoms with Gasteiger partial charge in [-0.2, -0.15) is 0 Å². The predicted molar refractivity (Wildman–Crippen MR) is 143 cm³/mol. The van der Waals surface area contributed by atoms with E-state index in [0.29, 0.717) is 11.4 Å². The van der Waals surface area contributed by atoms with Crippen LogP contribution in [-0.2, 0) is 17.6 Å². The number of hydrogen-bond donors (Lipinski definition) is 0. The molecule has 0 N–H and O–H groups in total. The molecule has 0 bridgehead atoms. The van der Waals surface area contributed by atoms with Crippen molar-refractivity contribution in [3.63, 3.8) is 0 Å². The van der Waals surface area contributed by atoms with Gasteiger partial charge in [-0.15, -0.1) is 22.7 Å². The number of thioether (sulfide) groups is 1. The Kier molecular flexibility index (Phi) is 9.37. The third kappa shape index (κ3) is 7.42. The average Bonchev–Trinajstić information content (AvgIpc) is 3.57. The van der Waals surface area contributed by atoms with Gasteiger partial charge in [-0.05, 0) is 55.0 Å². The fourth-order valence-corrected chi connectivity index (χ4v) is 6.02. The lowest BCUT2D eigenvalue weighted by molar-refractivity contribution is 0.0270. The van der Waals surface area contributed by atoms with Crippen molar-refractivity contribution in [2.24, 2.45) is 0 Å². The molecule has 1 saturated heterocycles. The van der Waals surface area contributed by atoms with Crippen molar-refractivity contribution in [2.45, 2.75) is 25.7 Å². The van der Waals surface area contributed by atoms with Crippen molar-refractivity contribution in [3.05, 3.63) is 73.9 Å². The van der Waals surface area contributed by atoms with Gasteiger partial charge >= 0.3 is 5.97 Å². The Hall–Kier alpha value is -2.64. The minimum absolute atomic E-state index is 0.104. The molecule has 1 amide bonds. The van der Waals surface area contributed by atoms with Gasteiger partial charge in [0.15, 0.2) is 0 Å². The Labute approximate surface area is 218 Å². The van der Waals surface area contributed by atoms with Gasteiger partial charge < -0.3 is 4.74 Å². The molecule has 3 heterocycles. The van der Waals surface area contributed by atoms with E-state index in [-0.39, 0.29) is 11.2 Å². The van der Waals surface area contributed by atoms with Gasteiger partial charge in [-0.3, -0.25) is 9.80 Å². The van der Waals surface area contributed by atoms with Crippen LogP contribution in [0.1, 0.15) is 44.2 Å². The van der Waals surface area contributed by atoms with Gasteiger partial charge in [0, 0.05) is 47.6 Å². The topological polar surface area (TPSA) is 62.7 Å². The van der Waals surface area contributed by atoms with Crippen LogP contribution < -0.4 is 0 Å². The van der Waals surface area contributed by atoms with Crippen LogP contribution in [0.15, 0.2) is 47.3 Å². The summed E-state index contributed by atoms with van der Waals surface area (Å²) in [4.78, 5) is 30.1. The zero-order valence-electron chi connectivity index (χ0n) is 19.6. The van der Waals surface area contributed by atoms with Crippen LogP contribution in [0.4, 0.5) is 4.79 Å². The Morgan fingerprint density at radius 3 is 2.89 bits per heavy atom. The smallest absolute Gasteiger partial charge is 0.348 e. The fraction of sp³-hybridized carbons (Fsp3) is 0.346. The van der Waals surface area contributed by atoms with Gasteiger partial charge in [0.2, 0.25) is 0 Å². The summed E-state index contributed by atoms with van der Waals surface area (Å²) < 4.78 is 4.79. The molecule has 1 aliphatic rings. The van der Waals surface area contributed by atoms with Crippen LogP contribution in [0.2, 0.25) is 0 Å². The van der Waals surface area contributed by atoms with Crippen molar-refractivity contribution in [3.8, 4) is 11.8 Å². The highest BCUT2D eigenvalue weighted by Crippen LogP contribution is 2.22. The van der Waals surface area contributed by atoms with Gasteiger partial charge in [0.1, 0.15) is 10.6 Å². The van der Waals surface area contributed by atoms with Crippen LogP contribution in [0, 0.1) is 11.8 Å². The lowest BCUT2D eigenvalue weighted by atomic mass is 10.1. The SMILES string of the molecule is COC(=O)c1ccc(CCN2C(=O)SCCN2CCCCc2cccc(C#Cc3cscn3)c2)s1. The standard InChI is InChI=1S/C26H27N3O3S3/c1-32-25(30)24-11-10-23(35-24)12-14-29-26(31)34-16-15-28(29)13-3-2-5-20-6-4-7-21(17-20)8-9-22-18-33-19-27-22/h4,6-7,10-11,17-19H,2-3,5,12-16H2,1H3. The number of thiophene rings is 1. The molecule has 6 nitrogen and oxygen atoms in total. The molecule has 3 aromatic rings. The first-order valence-corrected chi connectivity index (χ1v) is 14.2. The van der Waals surface area contributed by atoms with Gasteiger partial charge in [-0.1, -0.05) is 29.8 Å². The summed E-state index contributed by atoms with van der Waals surface area (Å²) in [6.07, 6.45) is 3.75. The van der Waals surface area contributed by atoms with E-state index in [2.05, 4.69) is 40.0 Å². The van der Waals surface area contributed by atoms with Crippen LogP contribution in [0.25, 0.3) is 0 Å². The summed E-state index contributed by atoms with van der Waals surface area (Å²) in [5.41, 5.74) is 4.88. The Balaban J connectivity index is 1.25. The summed E-state index contributed by atoms with van der Waals surface area (Å²) in [6.45, 7) is 2.34. The van der Waals surface area contributed by atoms with Crippen molar-refractivity contribution in [2.75, 3.05) is 32.5 Å². The lowest BCUT2D eigenvalue weighted by Crippen LogP contribution is -2.50. The molecule has 0 spiro atoms. The van der Waals surface area contributed by atoms with Crippen molar-refractivity contribution >= 4 is 45.6 Å². The van der Waals surface area contributed by atoms with E-state index in [4.69, 9.17) is 4.74 Å². The molecule has 9 heteroatoms. The fourth-order valence-electron chi connectivity index (χ4n) is 3.79. The molecule has 1 aliphatic heterocycles. The number of carbonyl (C=O) groups excluding carboxylic acids is 2. The third-order valence-electron chi connectivity index (χ3n) is 5.57. The van der Waals surface area contributed by atoms with Gasteiger partial charge in [-0.25, -0.2) is 14.8 Å². The molecule has 35 heavy (non-hydrogen) atoms. The largest absolute Gasteiger partial charge is 0.465 e. The number of nitrogens with zero attached hydrogens (tertiary/aromatic N) is 3. The number of amides is 1. The number of ether oxygens (including phenoxy) is 1. The number of carbonyl (C=O) groups is 2. The number of hydrogen-bond acceptors (Lipinski definition) is 8. The number of unbranched alkanes of at least 4 members (excludes halogenated alkanes) is 1. The van der Waals surface area contributed by atoms with Gasteiger partial charge in [0.25, 0.3) is 5.24 Å². The highest BCUT2D eigenvalue weighted by atomic mass is 32.2. The number of esters is 1. The number of aryl methyl sites for hydroxylation is 1. The van der Waals surface area contributed by atoms with Crippen LogP contribution >= 0.6 is 34.4 Å². The second kappa shape index (κ2) is 12.9. The number of hydrazine groups is 1. The average molecular weight is 526 g/mol. The van der Waals surface area contributed by atoms with E-state index < -0.39 is 0 Å². The maximum atomic E-state index is 12.6. The van der Waals surface area contributed by atoms with Gasteiger partial charge in [0.05, 0.1) is 12.6 Å². The summed E-state index contributed by atoms with van der Waals surface area (Å²) >= 11 is 4.36. The molecule has 0 radical (unpaired) electrons. The predicted octanol–water partition coefficient (Wildman–Crippen LogP) is 5.34. The van der Waals surface area contributed by atoms with Crippen molar-refractivity contribution < 1.29 is 14.3 Å². The normalized spacial score (nSPS) is 14.0. The van der Waals surface area contributed by atoms with Crippen LogP contribution in [-0.4, -0.2) is 58.7 Å². The highest BCUT2D eigenvalue weighted by molar-refractivity contribution is 8.13. The Morgan fingerprint density at radius 1 is 1.14 bits per heavy atom. The molecule has 182 valence electrons. The third-order valence-corrected chi connectivity index (χ3v) is 8.13. The van der Waals surface area contributed by atoms with E-state index >= 15 is 0 Å². The molecule has 1 aromatic carbocycles. The second-order valence-corrected chi connectivity index (χ2v) is 10.9. The van der Waals surface area contributed by atoms with Crippen LogP contribution in [0.3, 0.4) is 0 Å².